The van der Waals surface area contributed by atoms with Gasteiger partial charge in [0, 0.05) is 22.8 Å². The van der Waals surface area contributed by atoms with Gasteiger partial charge in [0.2, 0.25) is 11.8 Å². The monoisotopic (exact) mass is 447 g/mol. The molecular weight excluding hydrogens is 422 g/mol. The maximum Gasteiger partial charge on any atom is 0.248 e. The summed E-state index contributed by atoms with van der Waals surface area (Å²) in [7, 11) is 1.52. The van der Waals surface area contributed by atoms with Crippen LogP contribution in [0.15, 0.2) is 60.8 Å². The Hall–Kier alpha value is -3.23. The molecule has 1 fully saturated rings. The first-order chi connectivity index (χ1) is 15.6. The maximum atomic E-state index is 13.6. The third-order valence-corrected chi connectivity index (χ3v) is 6.25. The van der Waals surface area contributed by atoms with Crippen LogP contribution in [-0.4, -0.2) is 23.6 Å². The lowest BCUT2D eigenvalue weighted by molar-refractivity contribution is -0.124. The van der Waals surface area contributed by atoms with Gasteiger partial charge in [0.05, 0.1) is 7.11 Å². The van der Waals surface area contributed by atoms with E-state index in [9.17, 15) is 10.1 Å². The smallest absolute Gasteiger partial charge is 0.248 e. The Balaban J connectivity index is 1.83. The molecular formula is C26H26ClN3O2. The summed E-state index contributed by atoms with van der Waals surface area (Å²) >= 11 is 6.28. The van der Waals surface area contributed by atoms with Crippen LogP contribution in [0.2, 0.25) is 5.02 Å². The van der Waals surface area contributed by atoms with E-state index in [0.717, 1.165) is 42.4 Å². The fraction of sp³-hybridized carbons (Fsp3) is 0.308. The molecule has 32 heavy (non-hydrogen) atoms. The van der Waals surface area contributed by atoms with Gasteiger partial charge in [-0.15, -0.1) is 0 Å². The van der Waals surface area contributed by atoms with Crippen molar-refractivity contribution in [1.82, 2.24) is 9.88 Å². The summed E-state index contributed by atoms with van der Waals surface area (Å²) in [4.78, 5) is 13.6. The second kappa shape index (κ2) is 9.93. The van der Waals surface area contributed by atoms with Gasteiger partial charge in [0.1, 0.15) is 17.7 Å². The number of halogens is 1. The number of amides is 1. The van der Waals surface area contributed by atoms with Crippen LogP contribution in [0, 0.1) is 11.3 Å². The average Bonchev–Trinajstić information content (AvgIpc) is 3.18. The van der Waals surface area contributed by atoms with Crippen molar-refractivity contribution in [2.45, 2.75) is 44.2 Å². The number of nitrogens with one attached hydrogen (secondary N) is 1. The molecule has 0 saturated heterocycles. The molecule has 1 aliphatic carbocycles. The van der Waals surface area contributed by atoms with Gasteiger partial charge in [-0.05, 0) is 36.1 Å². The third kappa shape index (κ3) is 4.51. The number of ether oxygens (including phenoxy) is 1. The van der Waals surface area contributed by atoms with Gasteiger partial charge in [-0.2, -0.15) is 5.26 Å². The van der Waals surface area contributed by atoms with E-state index in [1.807, 2.05) is 48.7 Å². The van der Waals surface area contributed by atoms with Crippen molar-refractivity contribution in [1.29, 1.82) is 5.26 Å². The number of nitriles is 1. The SMILES string of the molecule is COc1c(C#N)c(-c2ccccc2)cn1C(C(=O)NC1CCCCC1)c1cccc(Cl)c1. The summed E-state index contributed by atoms with van der Waals surface area (Å²) in [6.45, 7) is 0. The molecule has 1 aromatic heterocycles. The maximum absolute atomic E-state index is 13.6. The lowest BCUT2D eigenvalue weighted by Crippen LogP contribution is -2.41. The van der Waals surface area contributed by atoms with Gasteiger partial charge < -0.3 is 14.6 Å². The van der Waals surface area contributed by atoms with Gasteiger partial charge in [-0.25, -0.2) is 0 Å². The van der Waals surface area contributed by atoms with Crippen molar-refractivity contribution in [3.63, 3.8) is 0 Å². The molecule has 1 unspecified atom stereocenters. The highest BCUT2D eigenvalue weighted by Crippen LogP contribution is 2.37. The van der Waals surface area contributed by atoms with E-state index in [1.54, 1.807) is 16.7 Å². The van der Waals surface area contributed by atoms with Crippen LogP contribution in [-0.2, 0) is 4.79 Å². The van der Waals surface area contributed by atoms with E-state index in [4.69, 9.17) is 16.3 Å². The minimum absolute atomic E-state index is 0.128. The van der Waals surface area contributed by atoms with Crippen LogP contribution in [0.3, 0.4) is 0 Å². The summed E-state index contributed by atoms with van der Waals surface area (Å²) in [5, 5.41) is 13.7. The minimum Gasteiger partial charge on any atom is -0.481 e. The second-order valence-electron chi connectivity index (χ2n) is 8.11. The minimum atomic E-state index is -0.713. The quantitative estimate of drug-likeness (QED) is 0.524. The van der Waals surface area contributed by atoms with E-state index in [-0.39, 0.29) is 11.9 Å². The molecule has 6 heteroatoms. The largest absolute Gasteiger partial charge is 0.481 e. The molecule has 1 heterocycles. The zero-order valence-corrected chi connectivity index (χ0v) is 18.8. The number of carbonyl (C=O) groups excluding carboxylic acids is 1. The highest BCUT2D eigenvalue weighted by atomic mass is 35.5. The van der Waals surface area contributed by atoms with E-state index < -0.39 is 6.04 Å². The first-order valence-corrected chi connectivity index (χ1v) is 11.3. The predicted octanol–water partition coefficient (Wildman–Crippen LogP) is 5.73. The zero-order valence-electron chi connectivity index (χ0n) is 18.1. The van der Waals surface area contributed by atoms with E-state index >= 15 is 0 Å². The fourth-order valence-corrected chi connectivity index (χ4v) is 4.69. The lowest BCUT2D eigenvalue weighted by Gasteiger charge is -2.27. The summed E-state index contributed by atoms with van der Waals surface area (Å²) in [6, 6.07) is 18.6. The molecule has 1 N–H and O–H groups in total. The fourth-order valence-electron chi connectivity index (χ4n) is 4.49. The first kappa shape index (κ1) is 22.0. The molecule has 164 valence electrons. The molecule has 1 aliphatic rings. The van der Waals surface area contributed by atoms with Crippen molar-refractivity contribution in [2.75, 3.05) is 7.11 Å². The van der Waals surface area contributed by atoms with Gasteiger partial charge >= 0.3 is 0 Å². The van der Waals surface area contributed by atoms with Crippen molar-refractivity contribution < 1.29 is 9.53 Å². The topological polar surface area (TPSA) is 67.0 Å². The van der Waals surface area contributed by atoms with Gasteiger partial charge in [0.25, 0.3) is 0 Å². The van der Waals surface area contributed by atoms with E-state index in [1.165, 1.54) is 13.5 Å². The van der Waals surface area contributed by atoms with Crippen molar-refractivity contribution in [3.05, 3.63) is 76.9 Å². The molecule has 3 aromatic rings. The molecule has 1 amide bonds. The zero-order chi connectivity index (χ0) is 22.5. The molecule has 1 atom stereocenters. The highest BCUT2D eigenvalue weighted by molar-refractivity contribution is 6.30. The molecule has 5 nitrogen and oxygen atoms in total. The van der Waals surface area contributed by atoms with Gasteiger partial charge in [0.15, 0.2) is 0 Å². The number of benzene rings is 2. The Labute approximate surface area is 193 Å². The Morgan fingerprint density at radius 3 is 2.56 bits per heavy atom. The Morgan fingerprint density at radius 2 is 1.91 bits per heavy atom. The van der Waals surface area contributed by atoms with Gasteiger partial charge in [-0.3, -0.25) is 4.79 Å². The summed E-state index contributed by atoms with van der Waals surface area (Å²) in [5.74, 6) is 0.228. The Morgan fingerprint density at radius 1 is 1.16 bits per heavy atom. The Bertz CT molecular complexity index is 1130. The van der Waals surface area contributed by atoms with Crippen LogP contribution < -0.4 is 10.1 Å². The summed E-state index contributed by atoms with van der Waals surface area (Å²) < 4.78 is 7.42. The number of nitrogens with zero attached hydrogens (tertiary/aromatic N) is 2. The number of aromatic nitrogens is 1. The first-order valence-electron chi connectivity index (χ1n) is 10.9. The highest BCUT2D eigenvalue weighted by Gasteiger charge is 2.30. The molecule has 2 aromatic carbocycles. The van der Waals surface area contributed by atoms with Crippen LogP contribution in [0.4, 0.5) is 0 Å². The lowest BCUT2D eigenvalue weighted by atomic mass is 9.95. The van der Waals surface area contributed by atoms with Crippen molar-refractivity contribution >= 4 is 17.5 Å². The number of methoxy groups -OCH3 is 1. The molecule has 1 saturated carbocycles. The summed E-state index contributed by atoms with van der Waals surface area (Å²) in [5.41, 5.74) is 2.75. The third-order valence-electron chi connectivity index (χ3n) is 6.02. The number of rotatable bonds is 6. The van der Waals surface area contributed by atoms with Crippen LogP contribution in [0.1, 0.15) is 49.3 Å². The molecule has 0 bridgehead atoms. The second-order valence-corrected chi connectivity index (χ2v) is 8.55. The molecule has 0 aliphatic heterocycles. The number of carbonyl (C=O) groups is 1. The standard InChI is InChI=1S/C26H26ClN3O2/c1-32-26-22(16-28)23(18-9-4-2-5-10-18)17-30(26)24(19-11-8-12-20(27)15-19)25(31)29-21-13-6-3-7-14-21/h2,4-5,8-12,15,17,21,24H,3,6-7,13-14H2,1H3,(H,29,31). The van der Waals surface area contributed by atoms with Crippen LogP contribution in [0.5, 0.6) is 5.88 Å². The Kier molecular flexibility index (Phi) is 6.82. The normalized spacial score (nSPS) is 15.0. The molecule has 4 rings (SSSR count). The van der Waals surface area contributed by atoms with E-state index in [2.05, 4.69) is 11.4 Å². The van der Waals surface area contributed by atoms with Crippen molar-refractivity contribution in [3.8, 4) is 23.1 Å². The predicted molar refractivity (Wildman–Crippen MR) is 126 cm³/mol. The van der Waals surface area contributed by atoms with Crippen LogP contribution >= 0.6 is 11.6 Å². The average molecular weight is 448 g/mol. The summed E-state index contributed by atoms with van der Waals surface area (Å²) in [6.07, 6.45) is 7.25. The van der Waals surface area contributed by atoms with Crippen molar-refractivity contribution in [2.24, 2.45) is 0 Å². The number of hydrogen-bond donors (Lipinski definition) is 1. The number of hydrogen-bond acceptors (Lipinski definition) is 3. The molecule has 0 radical (unpaired) electrons. The molecule has 0 spiro atoms. The van der Waals surface area contributed by atoms with Gasteiger partial charge in [-0.1, -0.05) is 73.3 Å². The van der Waals surface area contributed by atoms with E-state index in [0.29, 0.717) is 16.5 Å². The van der Waals surface area contributed by atoms with Crippen LogP contribution in [0.25, 0.3) is 11.1 Å².